The first kappa shape index (κ1) is 12.2. The molecule has 18 heavy (non-hydrogen) atoms. The summed E-state index contributed by atoms with van der Waals surface area (Å²) in [5.74, 6) is 0.0489. The summed E-state index contributed by atoms with van der Waals surface area (Å²) >= 11 is 3.37. The predicted molar refractivity (Wildman–Crippen MR) is 72.5 cm³/mol. The molecule has 0 atom stereocenters. The van der Waals surface area contributed by atoms with Gasteiger partial charge in [0.1, 0.15) is 23.5 Å². The Bertz CT molecular complexity index is 720. The van der Waals surface area contributed by atoms with Crippen molar-refractivity contribution >= 4 is 32.8 Å². The molecule has 2 aromatic rings. The van der Waals surface area contributed by atoms with Crippen molar-refractivity contribution in [3.05, 3.63) is 45.9 Å². The lowest BCUT2D eigenvalue weighted by atomic mass is 10.0. The van der Waals surface area contributed by atoms with E-state index in [0.717, 1.165) is 15.2 Å². The van der Waals surface area contributed by atoms with E-state index in [9.17, 15) is 5.11 Å². The van der Waals surface area contributed by atoms with Crippen molar-refractivity contribution in [2.24, 2.45) is 0 Å². The molecule has 0 bridgehead atoms. The second-order valence-electron chi connectivity index (χ2n) is 3.65. The number of phenolic OH excluding ortho intramolecular Hbond substituents is 1. The lowest BCUT2D eigenvalue weighted by Crippen LogP contribution is -1.82. The molecule has 1 N–H and O–H groups in total. The molecule has 2 aromatic carbocycles. The SMILES string of the molecule is N#CC(C#N)=Cc1c(O)ccc2cc(Br)ccc12. The third-order valence-electron chi connectivity index (χ3n) is 2.53. The molecule has 0 spiro atoms. The largest absolute Gasteiger partial charge is 0.507 e. The first-order chi connectivity index (χ1) is 8.65. The van der Waals surface area contributed by atoms with Crippen molar-refractivity contribution in [1.82, 2.24) is 0 Å². The lowest BCUT2D eigenvalue weighted by Gasteiger charge is -2.05. The molecule has 0 aliphatic heterocycles. The quantitative estimate of drug-likeness (QED) is 0.816. The molecule has 0 aromatic heterocycles. The molecule has 0 aliphatic rings. The topological polar surface area (TPSA) is 67.8 Å². The maximum atomic E-state index is 9.84. The van der Waals surface area contributed by atoms with E-state index in [4.69, 9.17) is 10.5 Å². The number of benzene rings is 2. The number of nitriles is 2. The molecule has 0 fully saturated rings. The fraction of sp³-hybridized carbons (Fsp3) is 0. The summed E-state index contributed by atoms with van der Waals surface area (Å²) in [5.41, 5.74) is 0.443. The number of halogens is 1. The Kier molecular flexibility index (Phi) is 3.32. The minimum absolute atomic E-state index is 0.0410. The van der Waals surface area contributed by atoms with Gasteiger partial charge in [-0.3, -0.25) is 0 Å². The second-order valence-corrected chi connectivity index (χ2v) is 4.56. The minimum atomic E-state index is -0.0410. The fourth-order valence-electron chi connectivity index (χ4n) is 1.70. The van der Waals surface area contributed by atoms with E-state index in [1.54, 1.807) is 24.3 Å². The van der Waals surface area contributed by atoms with Crippen LogP contribution in [-0.2, 0) is 0 Å². The van der Waals surface area contributed by atoms with Crippen LogP contribution in [0.25, 0.3) is 16.8 Å². The highest BCUT2D eigenvalue weighted by atomic mass is 79.9. The molecule has 0 unspecified atom stereocenters. The van der Waals surface area contributed by atoms with Crippen LogP contribution in [-0.4, -0.2) is 5.11 Å². The van der Waals surface area contributed by atoms with Crippen molar-refractivity contribution in [3.8, 4) is 17.9 Å². The van der Waals surface area contributed by atoms with Crippen LogP contribution >= 0.6 is 15.9 Å². The Morgan fingerprint density at radius 3 is 2.56 bits per heavy atom. The normalized spacial score (nSPS) is 9.50. The van der Waals surface area contributed by atoms with Crippen molar-refractivity contribution < 1.29 is 5.11 Å². The van der Waals surface area contributed by atoms with E-state index in [0.29, 0.717) is 5.56 Å². The average molecular weight is 299 g/mol. The summed E-state index contributed by atoms with van der Waals surface area (Å²) in [6.07, 6.45) is 1.39. The first-order valence-corrected chi connectivity index (χ1v) is 5.88. The van der Waals surface area contributed by atoms with Crippen molar-refractivity contribution in [2.45, 2.75) is 0 Å². The first-order valence-electron chi connectivity index (χ1n) is 5.09. The summed E-state index contributed by atoms with van der Waals surface area (Å²) < 4.78 is 0.927. The van der Waals surface area contributed by atoms with Gasteiger partial charge in [-0.15, -0.1) is 0 Å². The highest BCUT2D eigenvalue weighted by Gasteiger charge is 2.06. The van der Waals surface area contributed by atoms with Crippen LogP contribution in [0.2, 0.25) is 0 Å². The number of hydrogen-bond donors (Lipinski definition) is 1. The van der Waals surface area contributed by atoms with Gasteiger partial charge < -0.3 is 5.11 Å². The predicted octanol–water partition coefficient (Wildman–Crippen LogP) is 3.74. The standard InChI is InChI=1S/C14H7BrN2O/c15-11-2-3-12-10(6-11)1-4-14(18)13(12)5-9(7-16)8-17/h1-6,18H. The fourth-order valence-corrected chi connectivity index (χ4v) is 2.08. The van der Waals surface area contributed by atoms with Crippen LogP contribution in [0.1, 0.15) is 5.56 Å². The molecular formula is C14H7BrN2O. The molecule has 0 saturated heterocycles. The van der Waals surface area contributed by atoms with Gasteiger partial charge in [-0.2, -0.15) is 10.5 Å². The summed E-state index contributed by atoms with van der Waals surface area (Å²) in [6, 6.07) is 12.5. The highest BCUT2D eigenvalue weighted by Crippen LogP contribution is 2.30. The maximum absolute atomic E-state index is 9.84. The number of rotatable bonds is 1. The van der Waals surface area contributed by atoms with E-state index in [2.05, 4.69) is 15.9 Å². The molecule has 0 radical (unpaired) electrons. The second kappa shape index (κ2) is 4.91. The Balaban J connectivity index is 2.78. The van der Waals surface area contributed by atoms with Crippen LogP contribution in [0.4, 0.5) is 0 Å². The molecule has 2 rings (SSSR count). The number of phenols is 1. The Labute approximate surface area is 112 Å². The van der Waals surface area contributed by atoms with Gasteiger partial charge in [-0.05, 0) is 35.0 Å². The zero-order valence-corrected chi connectivity index (χ0v) is 10.8. The van der Waals surface area contributed by atoms with E-state index in [1.165, 1.54) is 6.08 Å². The van der Waals surface area contributed by atoms with Gasteiger partial charge in [0.05, 0.1) is 0 Å². The van der Waals surface area contributed by atoms with E-state index in [-0.39, 0.29) is 11.3 Å². The van der Waals surface area contributed by atoms with Crippen LogP contribution in [0.3, 0.4) is 0 Å². The van der Waals surface area contributed by atoms with Crippen LogP contribution < -0.4 is 0 Å². The number of hydrogen-bond acceptors (Lipinski definition) is 3. The van der Waals surface area contributed by atoms with Gasteiger partial charge >= 0.3 is 0 Å². The third kappa shape index (κ3) is 2.20. The Hall–Kier alpha value is -2.30. The van der Waals surface area contributed by atoms with Gasteiger partial charge in [-0.1, -0.05) is 28.1 Å². The third-order valence-corrected chi connectivity index (χ3v) is 3.02. The van der Waals surface area contributed by atoms with Gasteiger partial charge in [0.2, 0.25) is 0 Å². The number of fused-ring (bicyclic) bond motifs is 1. The van der Waals surface area contributed by atoms with Gasteiger partial charge in [0.15, 0.2) is 0 Å². The Morgan fingerprint density at radius 2 is 1.89 bits per heavy atom. The van der Waals surface area contributed by atoms with E-state index >= 15 is 0 Å². The highest BCUT2D eigenvalue weighted by molar-refractivity contribution is 9.10. The number of allylic oxidation sites excluding steroid dienone is 1. The molecule has 0 amide bonds. The summed E-state index contributed by atoms with van der Waals surface area (Å²) in [7, 11) is 0. The number of nitrogens with zero attached hydrogens (tertiary/aromatic N) is 2. The van der Waals surface area contributed by atoms with E-state index < -0.39 is 0 Å². The average Bonchev–Trinajstić information content (AvgIpc) is 2.38. The van der Waals surface area contributed by atoms with Crippen LogP contribution in [0.5, 0.6) is 5.75 Å². The van der Waals surface area contributed by atoms with Crippen molar-refractivity contribution in [3.63, 3.8) is 0 Å². The van der Waals surface area contributed by atoms with Crippen molar-refractivity contribution in [1.29, 1.82) is 10.5 Å². The minimum Gasteiger partial charge on any atom is -0.507 e. The zero-order valence-electron chi connectivity index (χ0n) is 9.18. The summed E-state index contributed by atoms with van der Waals surface area (Å²) in [4.78, 5) is 0. The van der Waals surface area contributed by atoms with Crippen LogP contribution in [0, 0.1) is 22.7 Å². The maximum Gasteiger partial charge on any atom is 0.130 e. The zero-order chi connectivity index (χ0) is 13.1. The summed E-state index contributed by atoms with van der Waals surface area (Å²) in [5, 5.41) is 29.1. The van der Waals surface area contributed by atoms with Crippen LogP contribution in [0.15, 0.2) is 40.4 Å². The van der Waals surface area contributed by atoms with Gasteiger partial charge in [0, 0.05) is 10.0 Å². The molecule has 3 nitrogen and oxygen atoms in total. The molecular weight excluding hydrogens is 292 g/mol. The smallest absolute Gasteiger partial charge is 0.130 e. The molecule has 0 aliphatic carbocycles. The monoisotopic (exact) mass is 298 g/mol. The molecule has 86 valence electrons. The van der Waals surface area contributed by atoms with Crippen molar-refractivity contribution in [2.75, 3.05) is 0 Å². The molecule has 0 heterocycles. The Morgan fingerprint density at radius 1 is 1.17 bits per heavy atom. The number of aromatic hydroxyl groups is 1. The van der Waals surface area contributed by atoms with Gasteiger partial charge in [0.25, 0.3) is 0 Å². The molecule has 0 saturated carbocycles. The van der Waals surface area contributed by atoms with Gasteiger partial charge in [-0.25, -0.2) is 0 Å². The summed E-state index contributed by atoms with van der Waals surface area (Å²) in [6.45, 7) is 0. The van der Waals surface area contributed by atoms with E-state index in [1.807, 2.05) is 18.2 Å². The molecule has 4 heteroatoms. The lowest BCUT2D eigenvalue weighted by molar-refractivity contribution is 0.475.